The summed E-state index contributed by atoms with van der Waals surface area (Å²) in [5.41, 5.74) is 3.17. The van der Waals surface area contributed by atoms with E-state index in [1.807, 2.05) is 36.4 Å². The largest absolute Gasteiger partial charge is 0.354 e. The molecule has 2 N–H and O–H groups in total. The van der Waals surface area contributed by atoms with Crippen LogP contribution >= 0.6 is 15.9 Å². The molecule has 0 aliphatic carbocycles. The molecule has 0 saturated heterocycles. The Bertz CT molecular complexity index is 839. The van der Waals surface area contributed by atoms with Crippen LogP contribution in [0.5, 0.6) is 0 Å². The van der Waals surface area contributed by atoms with Gasteiger partial charge < -0.3 is 10.6 Å². The van der Waals surface area contributed by atoms with Gasteiger partial charge in [0.1, 0.15) is 0 Å². The smallest absolute Gasteiger partial charge is 0.253 e. The van der Waals surface area contributed by atoms with Gasteiger partial charge >= 0.3 is 0 Å². The maximum atomic E-state index is 12.3. The highest BCUT2D eigenvalue weighted by Gasteiger charge is 2.07. The fourth-order valence-corrected chi connectivity index (χ4v) is 2.55. The van der Waals surface area contributed by atoms with Crippen molar-refractivity contribution in [2.45, 2.75) is 6.54 Å². The quantitative estimate of drug-likeness (QED) is 0.701. The Balaban J connectivity index is 1.67. The SMILES string of the molecule is O=C(NCc1ccncc1)c1cncc(Nc2cccc(Br)c2)c1. The summed E-state index contributed by atoms with van der Waals surface area (Å²) < 4.78 is 0.978. The van der Waals surface area contributed by atoms with Gasteiger partial charge in [-0.05, 0) is 42.0 Å². The van der Waals surface area contributed by atoms with Crippen LogP contribution in [0.4, 0.5) is 11.4 Å². The first-order valence-electron chi connectivity index (χ1n) is 7.35. The molecule has 5 nitrogen and oxygen atoms in total. The molecule has 0 atom stereocenters. The second kappa shape index (κ2) is 7.70. The maximum absolute atomic E-state index is 12.3. The van der Waals surface area contributed by atoms with Gasteiger partial charge in [0.05, 0.1) is 17.4 Å². The number of halogens is 1. The Morgan fingerprint density at radius 2 is 1.83 bits per heavy atom. The Morgan fingerprint density at radius 3 is 2.62 bits per heavy atom. The van der Waals surface area contributed by atoms with E-state index in [1.54, 1.807) is 30.9 Å². The number of carbonyl (C=O) groups excluding carboxylic acids is 1. The van der Waals surface area contributed by atoms with Crippen molar-refractivity contribution in [1.82, 2.24) is 15.3 Å². The van der Waals surface area contributed by atoms with E-state index in [9.17, 15) is 4.79 Å². The first kappa shape index (κ1) is 16.1. The number of hydrogen-bond acceptors (Lipinski definition) is 4. The molecule has 2 heterocycles. The van der Waals surface area contributed by atoms with Crippen LogP contribution in [0, 0.1) is 0 Å². The number of nitrogens with one attached hydrogen (secondary N) is 2. The van der Waals surface area contributed by atoms with Crippen LogP contribution < -0.4 is 10.6 Å². The Morgan fingerprint density at radius 1 is 1.00 bits per heavy atom. The summed E-state index contributed by atoms with van der Waals surface area (Å²) in [4.78, 5) is 20.4. The second-order valence-electron chi connectivity index (χ2n) is 5.14. The first-order chi connectivity index (χ1) is 11.7. The lowest BCUT2D eigenvalue weighted by Crippen LogP contribution is -2.23. The zero-order chi connectivity index (χ0) is 16.8. The summed E-state index contributed by atoms with van der Waals surface area (Å²) in [6.07, 6.45) is 6.63. The van der Waals surface area contributed by atoms with Crippen molar-refractivity contribution in [3.05, 3.63) is 82.9 Å². The van der Waals surface area contributed by atoms with Crippen LogP contribution in [0.15, 0.2) is 71.7 Å². The number of amides is 1. The molecule has 2 aromatic heterocycles. The second-order valence-corrected chi connectivity index (χ2v) is 6.05. The average Bonchev–Trinajstić information content (AvgIpc) is 2.61. The van der Waals surface area contributed by atoms with E-state index >= 15 is 0 Å². The molecule has 0 spiro atoms. The molecule has 0 bridgehead atoms. The molecular weight excluding hydrogens is 368 g/mol. The number of aromatic nitrogens is 2. The number of rotatable bonds is 5. The van der Waals surface area contributed by atoms with Crippen molar-refractivity contribution in [3.63, 3.8) is 0 Å². The van der Waals surface area contributed by atoms with E-state index < -0.39 is 0 Å². The molecule has 120 valence electrons. The number of hydrogen-bond donors (Lipinski definition) is 2. The molecule has 3 aromatic rings. The predicted octanol–water partition coefficient (Wildman–Crippen LogP) is 3.91. The van der Waals surface area contributed by atoms with Crippen molar-refractivity contribution in [2.75, 3.05) is 5.32 Å². The number of benzene rings is 1. The monoisotopic (exact) mass is 382 g/mol. The van der Waals surface area contributed by atoms with Gasteiger partial charge in [-0.15, -0.1) is 0 Å². The molecule has 3 rings (SSSR count). The topological polar surface area (TPSA) is 66.9 Å². The summed E-state index contributed by atoms with van der Waals surface area (Å²) in [6, 6.07) is 13.3. The van der Waals surface area contributed by atoms with Crippen LogP contribution in [0.25, 0.3) is 0 Å². The lowest BCUT2D eigenvalue weighted by Gasteiger charge is -2.09. The molecule has 0 radical (unpaired) electrons. The minimum Gasteiger partial charge on any atom is -0.354 e. The van der Waals surface area contributed by atoms with Crippen LogP contribution in [-0.4, -0.2) is 15.9 Å². The standard InChI is InChI=1S/C18H15BrN4O/c19-15-2-1-3-16(9-15)23-17-8-14(11-21-12-17)18(24)22-10-13-4-6-20-7-5-13/h1-9,11-12,23H,10H2,(H,22,24). The summed E-state index contributed by atoms with van der Waals surface area (Å²) in [6.45, 7) is 0.449. The molecule has 0 fully saturated rings. The van der Waals surface area contributed by atoms with E-state index in [1.165, 1.54) is 0 Å². The third-order valence-corrected chi connectivity index (χ3v) is 3.81. The van der Waals surface area contributed by atoms with Crippen LogP contribution in [0.1, 0.15) is 15.9 Å². The van der Waals surface area contributed by atoms with Crippen molar-refractivity contribution < 1.29 is 4.79 Å². The highest BCUT2D eigenvalue weighted by atomic mass is 79.9. The van der Waals surface area contributed by atoms with E-state index in [0.717, 1.165) is 21.4 Å². The lowest BCUT2D eigenvalue weighted by atomic mass is 10.2. The highest BCUT2D eigenvalue weighted by Crippen LogP contribution is 2.20. The molecule has 0 saturated carbocycles. The van der Waals surface area contributed by atoms with Crippen LogP contribution in [0.2, 0.25) is 0 Å². The van der Waals surface area contributed by atoms with Crippen LogP contribution in [0.3, 0.4) is 0 Å². The maximum Gasteiger partial charge on any atom is 0.253 e. The summed E-state index contributed by atoms with van der Waals surface area (Å²) in [5.74, 6) is -0.169. The first-order valence-corrected chi connectivity index (χ1v) is 8.15. The molecule has 24 heavy (non-hydrogen) atoms. The van der Waals surface area contributed by atoms with E-state index in [0.29, 0.717) is 12.1 Å². The lowest BCUT2D eigenvalue weighted by molar-refractivity contribution is 0.0950. The number of nitrogens with zero attached hydrogens (tertiary/aromatic N) is 2. The zero-order valence-corrected chi connectivity index (χ0v) is 14.3. The number of pyridine rings is 2. The van der Waals surface area contributed by atoms with E-state index in [-0.39, 0.29) is 5.91 Å². The van der Waals surface area contributed by atoms with Crippen molar-refractivity contribution in [3.8, 4) is 0 Å². The third-order valence-electron chi connectivity index (χ3n) is 3.32. The Kier molecular flexibility index (Phi) is 5.18. The molecule has 1 amide bonds. The van der Waals surface area contributed by atoms with Gasteiger partial charge in [-0.25, -0.2) is 0 Å². The fourth-order valence-electron chi connectivity index (χ4n) is 2.15. The van der Waals surface area contributed by atoms with E-state index in [4.69, 9.17) is 0 Å². The number of anilines is 2. The van der Waals surface area contributed by atoms with E-state index in [2.05, 4.69) is 36.5 Å². The van der Waals surface area contributed by atoms with Gasteiger partial charge in [0, 0.05) is 35.3 Å². The molecule has 6 heteroatoms. The highest BCUT2D eigenvalue weighted by molar-refractivity contribution is 9.10. The molecule has 0 unspecified atom stereocenters. The third kappa shape index (κ3) is 4.39. The van der Waals surface area contributed by atoms with Gasteiger partial charge in [-0.1, -0.05) is 22.0 Å². The molecule has 1 aromatic carbocycles. The van der Waals surface area contributed by atoms with Crippen molar-refractivity contribution in [1.29, 1.82) is 0 Å². The molecule has 0 aliphatic heterocycles. The average molecular weight is 383 g/mol. The summed E-state index contributed by atoms with van der Waals surface area (Å²) >= 11 is 3.43. The zero-order valence-electron chi connectivity index (χ0n) is 12.7. The van der Waals surface area contributed by atoms with Crippen molar-refractivity contribution >= 4 is 33.2 Å². The van der Waals surface area contributed by atoms with Gasteiger partial charge in [0.2, 0.25) is 0 Å². The number of carbonyl (C=O) groups is 1. The minimum absolute atomic E-state index is 0.169. The molecular formula is C18H15BrN4O. The Hall–Kier alpha value is -2.73. The van der Waals surface area contributed by atoms with Gasteiger partial charge in [-0.3, -0.25) is 14.8 Å². The molecule has 0 aliphatic rings. The van der Waals surface area contributed by atoms with Crippen LogP contribution in [-0.2, 0) is 6.54 Å². The minimum atomic E-state index is -0.169. The fraction of sp³-hybridized carbons (Fsp3) is 0.0556. The van der Waals surface area contributed by atoms with Crippen molar-refractivity contribution in [2.24, 2.45) is 0 Å². The summed E-state index contributed by atoms with van der Waals surface area (Å²) in [5, 5.41) is 6.11. The summed E-state index contributed by atoms with van der Waals surface area (Å²) in [7, 11) is 0. The van der Waals surface area contributed by atoms with Gasteiger partial charge in [0.25, 0.3) is 5.91 Å². The predicted molar refractivity (Wildman–Crippen MR) is 97.1 cm³/mol. The van der Waals surface area contributed by atoms with Gasteiger partial charge in [0.15, 0.2) is 0 Å². The normalized spacial score (nSPS) is 10.2. The Labute approximate surface area is 148 Å². The van der Waals surface area contributed by atoms with Gasteiger partial charge in [-0.2, -0.15) is 0 Å².